The molecule has 0 saturated heterocycles. The Labute approximate surface area is 107 Å². The van der Waals surface area contributed by atoms with E-state index in [9.17, 15) is 0 Å². The van der Waals surface area contributed by atoms with Crippen LogP contribution in [0.15, 0.2) is 10.2 Å². The Morgan fingerprint density at radius 2 is 2.17 bits per heavy atom. The lowest BCUT2D eigenvalue weighted by molar-refractivity contribution is 0.372. The Morgan fingerprint density at radius 3 is 2.78 bits per heavy atom. The van der Waals surface area contributed by atoms with Gasteiger partial charge in [-0.15, -0.1) is 5.10 Å². The molecule has 2 heterocycles. The highest BCUT2D eigenvalue weighted by Gasteiger charge is 2.28. The number of ether oxygens (including phenoxy) is 1. The zero-order chi connectivity index (χ0) is 13.3. The molecule has 1 atom stereocenters. The van der Waals surface area contributed by atoms with Gasteiger partial charge in [0, 0.05) is 19.4 Å². The molecule has 1 unspecified atom stereocenters. The molecule has 0 radical (unpaired) electrons. The van der Waals surface area contributed by atoms with Gasteiger partial charge in [0.05, 0.1) is 24.1 Å². The maximum Gasteiger partial charge on any atom is 0.220 e. The molecule has 0 fully saturated rings. The van der Waals surface area contributed by atoms with Gasteiger partial charge in [-0.05, 0) is 13.3 Å². The molecule has 0 aliphatic carbocycles. The van der Waals surface area contributed by atoms with Gasteiger partial charge in [-0.3, -0.25) is 0 Å². The van der Waals surface area contributed by atoms with Crippen LogP contribution in [0.25, 0.3) is 0 Å². The van der Waals surface area contributed by atoms with Crippen molar-refractivity contribution < 1.29 is 4.74 Å². The Balaban J connectivity index is 2.53. The highest BCUT2D eigenvalue weighted by molar-refractivity contribution is 6.08. The van der Waals surface area contributed by atoms with Gasteiger partial charge in [-0.25, -0.2) is 4.68 Å². The Morgan fingerprint density at radius 1 is 1.44 bits per heavy atom. The van der Waals surface area contributed by atoms with Crippen LogP contribution in [0.3, 0.4) is 0 Å². The zero-order valence-corrected chi connectivity index (χ0v) is 11.3. The van der Waals surface area contributed by atoms with E-state index in [0.29, 0.717) is 5.84 Å². The zero-order valence-electron chi connectivity index (χ0n) is 11.3. The molecule has 1 aromatic heterocycles. The molecule has 2 N–H and O–H groups in total. The number of hydrogen-bond acceptors (Lipinski definition) is 5. The second-order valence-electron chi connectivity index (χ2n) is 4.48. The minimum absolute atomic E-state index is 0.277. The van der Waals surface area contributed by atoms with Crippen LogP contribution in [0.5, 0.6) is 5.88 Å². The van der Waals surface area contributed by atoms with Crippen LogP contribution < -0.4 is 10.5 Å². The quantitative estimate of drug-likeness (QED) is 0.875. The molecule has 0 saturated carbocycles. The first kappa shape index (κ1) is 12.6. The van der Waals surface area contributed by atoms with Gasteiger partial charge >= 0.3 is 0 Å². The van der Waals surface area contributed by atoms with Crippen molar-refractivity contribution in [2.45, 2.75) is 26.7 Å². The van der Waals surface area contributed by atoms with Crippen molar-refractivity contribution in [3.05, 3.63) is 11.3 Å². The predicted molar refractivity (Wildman–Crippen MR) is 71.1 cm³/mol. The van der Waals surface area contributed by atoms with Crippen molar-refractivity contribution in [3.63, 3.8) is 0 Å². The smallest absolute Gasteiger partial charge is 0.220 e. The average Bonchev–Trinajstić information content (AvgIpc) is 2.63. The number of rotatable bonds is 3. The van der Waals surface area contributed by atoms with E-state index in [1.807, 2.05) is 14.0 Å². The fraction of sp³-hybridized carbons (Fsp3) is 0.583. The van der Waals surface area contributed by atoms with E-state index in [2.05, 4.69) is 22.2 Å². The van der Waals surface area contributed by atoms with Crippen LogP contribution in [0.1, 0.15) is 31.0 Å². The third-order valence-corrected chi connectivity index (χ3v) is 3.24. The van der Waals surface area contributed by atoms with Crippen molar-refractivity contribution in [2.24, 2.45) is 28.9 Å². The molecule has 0 amide bonds. The number of aromatic nitrogens is 2. The third kappa shape index (κ3) is 1.98. The van der Waals surface area contributed by atoms with Crippen LogP contribution >= 0.6 is 0 Å². The number of methoxy groups -OCH3 is 1. The van der Waals surface area contributed by atoms with Crippen molar-refractivity contribution >= 4 is 11.5 Å². The minimum atomic E-state index is 0.277. The molecule has 1 aliphatic heterocycles. The highest BCUT2D eigenvalue weighted by atomic mass is 16.5. The summed E-state index contributed by atoms with van der Waals surface area (Å²) in [7, 11) is 3.50. The predicted octanol–water partition coefficient (Wildman–Crippen LogP) is 1.23. The van der Waals surface area contributed by atoms with Gasteiger partial charge in [-0.1, -0.05) is 6.92 Å². The second-order valence-corrected chi connectivity index (χ2v) is 4.48. The summed E-state index contributed by atoms with van der Waals surface area (Å²) in [5.41, 5.74) is 8.52. The fourth-order valence-corrected chi connectivity index (χ4v) is 2.35. The monoisotopic (exact) mass is 249 g/mol. The van der Waals surface area contributed by atoms with Gasteiger partial charge in [0.1, 0.15) is 5.84 Å². The first-order valence-corrected chi connectivity index (χ1v) is 6.06. The lowest BCUT2D eigenvalue weighted by Gasteiger charge is -2.20. The van der Waals surface area contributed by atoms with Crippen LogP contribution in [0.2, 0.25) is 0 Å². The maximum absolute atomic E-state index is 5.75. The highest BCUT2D eigenvalue weighted by Crippen LogP contribution is 2.29. The molecular weight excluding hydrogens is 230 g/mol. The molecule has 1 aromatic rings. The van der Waals surface area contributed by atoms with Gasteiger partial charge in [-0.2, -0.15) is 10.2 Å². The van der Waals surface area contributed by atoms with Crippen molar-refractivity contribution in [1.82, 2.24) is 9.78 Å². The van der Waals surface area contributed by atoms with Crippen molar-refractivity contribution in [1.29, 1.82) is 0 Å². The summed E-state index contributed by atoms with van der Waals surface area (Å²) in [6, 6.07) is 0. The molecule has 1 aliphatic rings. The maximum atomic E-state index is 5.75. The van der Waals surface area contributed by atoms with Crippen molar-refractivity contribution in [2.75, 3.05) is 7.11 Å². The summed E-state index contributed by atoms with van der Waals surface area (Å²) >= 11 is 0. The topological polar surface area (TPSA) is 77.8 Å². The summed E-state index contributed by atoms with van der Waals surface area (Å²) in [5, 5.41) is 12.6. The molecule has 6 nitrogen and oxygen atoms in total. The number of hydrogen-bond donors (Lipinski definition) is 1. The Hall–Kier alpha value is -1.85. The summed E-state index contributed by atoms with van der Waals surface area (Å²) in [4.78, 5) is 0. The van der Waals surface area contributed by atoms with Gasteiger partial charge in [0.15, 0.2) is 0 Å². The molecule has 0 spiro atoms. The number of nitrogens with zero attached hydrogens (tertiary/aromatic N) is 4. The third-order valence-electron chi connectivity index (χ3n) is 3.24. The molecule has 18 heavy (non-hydrogen) atoms. The van der Waals surface area contributed by atoms with Gasteiger partial charge < -0.3 is 10.5 Å². The molecule has 0 bridgehead atoms. The summed E-state index contributed by atoms with van der Waals surface area (Å²) in [5.74, 6) is 1.59. The fourth-order valence-electron chi connectivity index (χ4n) is 2.35. The number of amidine groups is 1. The first-order chi connectivity index (χ1) is 8.58. The number of aryl methyl sites for hydroxylation is 2. The summed E-state index contributed by atoms with van der Waals surface area (Å²) in [6.07, 6.45) is 1.71. The molecule has 0 aromatic carbocycles. The van der Waals surface area contributed by atoms with E-state index in [1.165, 1.54) is 0 Å². The van der Waals surface area contributed by atoms with Crippen LogP contribution in [-0.4, -0.2) is 28.4 Å². The largest absolute Gasteiger partial charge is 0.481 e. The van der Waals surface area contributed by atoms with E-state index in [4.69, 9.17) is 10.5 Å². The summed E-state index contributed by atoms with van der Waals surface area (Å²) < 4.78 is 7.13. The SMILES string of the molecule is CCC1CC(N)=NN=C1c1c(C)nn(C)c1OC. The minimum Gasteiger partial charge on any atom is -0.481 e. The van der Waals surface area contributed by atoms with E-state index in [1.54, 1.807) is 11.8 Å². The lowest BCUT2D eigenvalue weighted by atomic mass is 9.90. The molecule has 6 heteroatoms. The summed E-state index contributed by atoms with van der Waals surface area (Å²) in [6.45, 7) is 4.08. The molecule has 2 rings (SSSR count). The van der Waals surface area contributed by atoms with Crippen molar-refractivity contribution in [3.8, 4) is 5.88 Å². The van der Waals surface area contributed by atoms with Crippen LogP contribution in [0, 0.1) is 12.8 Å². The average molecular weight is 249 g/mol. The van der Waals surface area contributed by atoms with Gasteiger partial charge in [0.25, 0.3) is 0 Å². The molecule has 98 valence electrons. The van der Waals surface area contributed by atoms with E-state index in [-0.39, 0.29) is 5.92 Å². The standard InChI is InChI=1S/C12H19N5O/c1-5-8-6-9(13)14-15-11(8)10-7(2)16-17(3)12(10)18-4/h8H,5-6H2,1-4H3,(H2,13,14). The Bertz CT molecular complexity index is 515. The van der Waals surface area contributed by atoms with E-state index >= 15 is 0 Å². The Kier molecular flexibility index (Phi) is 3.36. The van der Waals surface area contributed by atoms with E-state index in [0.717, 1.165) is 35.7 Å². The second kappa shape index (κ2) is 4.80. The van der Waals surface area contributed by atoms with Gasteiger partial charge in [0.2, 0.25) is 5.88 Å². The molecular formula is C12H19N5O. The lowest BCUT2D eigenvalue weighted by Crippen LogP contribution is -2.27. The first-order valence-electron chi connectivity index (χ1n) is 6.06. The normalized spacial score (nSPS) is 19.4. The van der Waals surface area contributed by atoms with Crippen LogP contribution in [-0.2, 0) is 7.05 Å². The number of nitrogens with two attached hydrogens (primary N) is 1. The van der Waals surface area contributed by atoms with E-state index < -0.39 is 0 Å². The van der Waals surface area contributed by atoms with Crippen LogP contribution in [0.4, 0.5) is 0 Å².